The number of para-hydroxylation sites is 3. The van der Waals surface area contributed by atoms with Crippen LogP contribution in [-0.2, 0) is 37.3 Å². The maximum Gasteiger partial charge on any atom is 0.268 e. The maximum atomic E-state index is 10.3. The van der Waals surface area contributed by atoms with Crippen LogP contribution in [0.15, 0.2) is 176 Å². The molecule has 0 atom stereocenters. The summed E-state index contributed by atoms with van der Waals surface area (Å²) in [7, 11) is 0. The molecule has 0 radical (unpaired) electrons. The van der Waals surface area contributed by atoms with Crippen LogP contribution in [0.1, 0.15) is 115 Å². The van der Waals surface area contributed by atoms with Gasteiger partial charge in [-0.1, -0.05) is 175 Å². The zero-order valence-corrected chi connectivity index (χ0v) is 40.7. The van der Waals surface area contributed by atoms with Gasteiger partial charge in [0.25, 0.3) is 6.33 Å². The molecule has 4 heterocycles. The minimum absolute atomic E-state index is 0. The predicted octanol–water partition coefficient (Wildman–Crippen LogP) is 16.2. The van der Waals surface area contributed by atoms with E-state index >= 15 is 0 Å². The van der Waals surface area contributed by atoms with Crippen LogP contribution in [0.4, 0.5) is 0 Å². The molecular formula is C66H54N4OPt-2. The number of hydrogen-bond donors (Lipinski definition) is 0. The first-order chi connectivity index (χ1) is 45.4. The van der Waals surface area contributed by atoms with Crippen LogP contribution in [0.2, 0.25) is 0 Å². The smallest absolute Gasteiger partial charge is 0.268 e. The van der Waals surface area contributed by atoms with Gasteiger partial charge >= 0.3 is 0 Å². The van der Waals surface area contributed by atoms with E-state index in [1.54, 1.807) is 36.5 Å². The van der Waals surface area contributed by atoms with Crippen molar-refractivity contribution >= 4 is 32.8 Å². The topological polar surface area (TPSA) is 35.9 Å². The van der Waals surface area contributed by atoms with E-state index in [1.807, 2.05) is 47.0 Å². The summed E-state index contributed by atoms with van der Waals surface area (Å²) in [5.74, 6) is 0.945. The Hall–Kier alpha value is -7.33. The molecule has 6 heteroatoms. The Kier molecular flexibility index (Phi) is 5.83. The monoisotopic (exact) mass is 1140 g/mol. The minimum Gasteiger partial charge on any atom is -0.510 e. The second kappa shape index (κ2) is 16.9. The summed E-state index contributed by atoms with van der Waals surface area (Å²) >= 11 is 0. The number of imidazole rings is 1. The zero-order valence-electron chi connectivity index (χ0n) is 65.4. The maximum absolute atomic E-state index is 10.3. The molecule has 5 nitrogen and oxygen atoms in total. The van der Waals surface area contributed by atoms with E-state index in [1.165, 1.54) is 33.4 Å². The molecule has 0 saturated heterocycles. The predicted molar refractivity (Wildman–Crippen MR) is 289 cm³/mol. The van der Waals surface area contributed by atoms with Crippen LogP contribution in [-0.4, -0.2) is 14.1 Å². The quantitative estimate of drug-likeness (QED) is 0.127. The van der Waals surface area contributed by atoms with Crippen LogP contribution in [0, 0.1) is 18.5 Å². The fourth-order valence-corrected chi connectivity index (χ4v) is 9.63. The number of fused-ring (bicyclic) bond motifs is 11. The Morgan fingerprint density at radius 3 is 2.07 bits per heavy atom. The molecule has 0 fully saturated rings. The number of ether oxygens (including phenoxy) is 1. The fourth-order valence-electron chi connectivity index (χ4n) is 9.63. The largest absolute Gasteiger partial charge is 0.510 e. The van der Waals surface area contributed by atoms with E-state index in [0.29, 0.717) is 11.3 Å². The van der Waals surface area contributed by atoms with Crippen molar-refractivity contribution in [2.45, 2.75) is 77.2 Å². The van der Waals surface area contributed by atoms with Crippen molar-refractivity contribution < 1.29 is 67.4 Å². The van der Waals surface area contributed by atoms with Crippen molar-refractivity contribution in [1.82, 2.24) is 14.1 Å². The van der Waals surface area contributed by atoms with Gasteiger partial charge in [0.15, 0.2) is 0 Å². The van der Waals surface area contributed by atoms with Crippen molar-refractivity contribution in [3.05, 3.63) is 211 Å². The third-order valence-electron chi connectivity index (χ3n) is 13.0. The summed E-state index contributed by atoms with van der Waals surface area (Å²) in [6.07, 6.45) is -4.32. The zero-order chi connectivity index (χ0) is 71.5. The SMILES string of the molecule is [2H]c1c([2H])c([2H])c2c(c1[2H])-c1cccc(-c3c([2H])c([2H])c4c(c3[2H])C(C([2H])([2H])[2H])(C([2H])([2H])[2H])C([2H])([2H])C([2H])([2H])C4(C([2H])([2H])[2H])C([2H])([2H])[2H])c1-[n+]1[c-]n(-c3[c-]c(Oc4[c-]c5c(cc4)c4ccccc4n5-c4cc(C(C)(C)C)ccn4)ccc3)c3cccc(c31)-c1c([2H])c([2H])c([2H])c([2H])c1-2.[Pt]. The number of rotatable bonds is 5. The first kappa shape index (κ1) is 24.9. The molecule has 2 aliphatic rings. The van der Waals surface area contributed by atoms with E-state index in [-0.39, 0.29) is 71.4 Å². The van der Waals surface area contributed by atoms with E-state index in [4.69, 9.17) is 31.7 Å². The van der Waals surface area contributed by atoms with Crippen molar-refractivity contribution in [2.75, 3.05) is 0 Å². The molecule has 72 heavy (non-hydrogen) atoms. The first-order valence-electron chi connectivity index (χ1n) is 36.1. The van der Waals surface area contributed by atoms with Gasteiger partial charge < -0.3 is 13.9 Å². The van der Waals surface area contributed by atoms with Gasteiger partial charge in [0.05, 0.1) is 31.8 Å². The van der Waals surface area contributed by atoms with Crippen LogP contribution >= 0.6 is 0 Å². The number of benzene rings is 8. The molecule has 0 spiro atoms. The molecule has 0 N–H and O–H groups in total. The molecule has 0 amide bonds. The first-order valence-corrected chi connectivity index (χ1v) is 22.6. The van der Waals surface area contributed by atoms with Gasteiger partial charge in [-0.2, -0.15) is 18.2 Å². The molecule has 8 aromatic carbocycles. The van der Waals surface area contributed by atoms with Crippen molar-refractivity contribution in [1.29, 1.82) is 0 Å². The van der Waals surface area contributed by atoms with Crippen LogP contribution < -0.4 is 9.30 Å². The molecule has 13 rings (SSSR count). The molecule has 11 aromatic rings. The number of nitrogens with zero attached hydrogens (tertiary/aromatic N) is 4. The molecule has 0 bridgehead atoms. The summed E-state index contributed by atoms with van der Waals surface area (Å²) in [6.45, 7) is -11.3. The number of aromatic nitrogens is 4. The fraction of sp³-hybridized carbons (Fsp3) is 0.182. The van der Waals surface area contributed by atoms with E-state index in [0.717, 1.165) is 27.9 Å². The van der Waals surface area contributed by atoms with E-state index in [2.05, 4.69) is 39.2 Å². The second-order valence-corrected chi connectivity index (χ2v) is 18.5. The minimum atomic E-state index is -4.68. The van der Waals surface area contributed by atoms with Gasteiger partial charge in [-0.25, -0.2) is 4.98 Å². The van der Waals surface area contributed by atoms with Gasteiger partial charge in [0, 0.05) is 66.2 Å². The molecule has 3 aromatic heterocycles. The third-order valence-corrected chi connectivity index (χ3v) is 13.0. The van der Waals surface area contributed by atoms with Gasteiger partial charge in [0.2, 0.25) is 0 Å². The Morgan fingerprint density at radius 1 is 0.653 bits per heavy atom. The normalized spacial score (nSPS) is 21.8. The number of hydrogen-bond acceptors (Lipinski definition) is 2. The Morgan fingerprint density at radius 2 is 1.31 bits per heavy atom. The summed E-state index contributed by atoms with van der Waals surface area (Å²) in [5, 5.41) is 1.75. The number of pyridine rings is 1. The molecule has 0 saturated carbocycles. The molecular weight excluding hydrogens is 1060 g/mol. The standard InChI is InChI=1S/C66H54N4O.Pt/c1-64(2,3)43-33-36-67-61(38-43)70-58-27-13-12-23-52(58)53-31-30-46(40-60(53)70)71-45-18-14-17-44(39-45)68-41-69-62-47(42-29-32-56-57(37-42)66(6,7)35-34-65(56,4)5)24-15-25-54(62)50-21-10-8-19-48(50)49-20-9-11-22-51(49)55-26-16-28-59(68)63(55)69;/h8-33,36-38H,34-35H2,1-7H3;/q-2;/i4D3,5D3,6D3,7D3,8D,9D,10D,11D,19D,20D,21D,22D,29D,32D,34D2,35D2,37D;. The third kappa shape index (κ3) is 7.30. The molecule has 1 aliphatic heterocycles. The average molecular weight is 1140 g/mol. The Labute approximate surface area is 474 Å². The summed E-state index contributed by atoms with van der Waals surface area (Å²) in [4.78, 5) is 4.78. The van der Waals surface area contributed by atoms with Gasteiger partial charge in [0.1, 0.15) is 5.82 Å². The van der Waals surface area contributed by atoms with E-state index in [9.17, 15) is 15.1 Å². The second-order valence-electron chi connectivity index (χ2n) is 18.5. The molecule has 1 aliphatic carbocycles. The Bertz CT molecular complexity index is 5260. The van der Waals surface area contributed by atoms with Crippen LogP contribution in [0.5, 0.6) is 11.5 Å². The van der Waals surface area contributed by atoms with Crippen LogP contribution in [0.25, 0.3) is 94.5 Å². The van der Waals surface area contributed by atoms with Crippen molar-refractivity contribution in [3.63, 3.8) is 0 Å². The van der Waals surface area contributed by atoms with Crippen molar-refractivity contribution in [2.24, 2.45) is 0 Å². The van der Waals surface area contributed by atoms with Gasteiger partial charge in [-0.15, -0.1) is 29.7 Å². The van der Waals surface area contributed by atoms with Gasteiger partial charge in [-0.3, -0.25) is 4.57 Å². The Balaban J connectivity index is 0.00000931. The average Bonchev–Trinajstić information content (AvgIpc) is 1.14. The summed E-state index contributed by atoms with van der Waals surface area (Å²) in [6, 6.07) is 23.9. The molecule has 0 unspecified atom stereocenters. The summed E-state index contributed by atoms with van der Waals surface area (Å²) in [5.41, 5.74) is -14.3. The van der Waals surface area contributed by atoms with Crippen molar-refractivity contribution in [3.8, 4) is 73.2 Å². The van der Waals surface area contributed by atoms with Gasteiger partial charge in [-0.05, 0) is 119 Å². The van der Waals surface area contributed by atoms with Crippen LogP contribution in [0.3, 0.4) is 0 Å². The summed E-state index contributed by atoms with van der Waals surface area (Å²) < 4.78 is 262. The molecule has 356 valence electrons. The van der Waals surface area contributed by atoms with E-state index < -0.39 is 162 Å².